The second-order valence-electron chi connectivity index (χ2n) is 4.55. The summed E-state index contributed by atoms with van der Waals surface area (Å²) in [7, 11) is 1.84. The molecule has 1 heterocycles. The molecule has 0 saturated carbocycles. The monoisotopic (exact) mass is 197 g/mol. The molecule has 0 aliphatic rings. The predicted molar refractivity (Wildman–Crippen MR) is 55.8 cm³/mol. The Hall–Kier alpha value is -0.870. The van der Waals surface area contributed by atoms with Gasteiger partial charge in [-0.25, -0.2) is 0 Å². The van der Waals surface area contributed by atoms with Crippen LogP contribution in [0.3, 0.4) is 0 Å². The summed E-state index contributed by atoms with van der Waals surface area (Å²) < 4.78 is 1.71. The molecule has 0 bridgehead atoms. The summed E-state index contributed by atoms with van der Waals surface area (Å²) in [4.78, 5) is 0. The van der Waals surface area contributed by atoms with Crippen molar-refractivity contribution in [2.75, 3.05) is 0 Å². The van der Waals surface area contributed by atoms with Gasteiger partial charge < -0.3 is 10.8 Å². The first-order valence-electron chi connectivity index (χ1n) is 4.77. The van der Waals surface area contributed by atoms with Gasteiger partial charge in [-0.1, -0.05) is 0 Å². The number of rotatable bonds is 3. The second kappa shape index (κ2) is 3.71. The van der Waals surface area contributed by atoms with Crippen LogP contribution in [0.2, 0.25) is 0 Å². The number of aromatic nitrogens is 2. The van der Waals surface area contributed by atoms with Crippen LogP contribution in [0.4, 0.5) is 0 Å². The van der Waals surface area contributed by atoms with E-state index in [4.69, 9.17) is 5.73 Å². The summed E-state index contributed by atoms with van der Waals surface area (Å²) in [5.74, 6) is 0. The fourth-order valence-corrected chi connectivity index (χ4v) is 1.55. The Bertz CT molecular complexity index is 312. The highest BCUT2D eigenvalue weighted by molar-refractivity contribution is 5.18. The molecule has 0 aliphatic carbocycles. The number of aryl methyl sites for hydroxylation is 2. The van der Waals surface area contributed by atoms with Crippen molar-refractivity contribution < 1.29 is 5.11 Å². The fourth-order valence-electron chi connectivity index (χ4n) is 1.55. The third kappa shape index (κ3) is 2.82. The van der Waals surface area contributed by atoms with Crippen LogP contribution in [-0.2, 0) is 7.05 Å². The highest BCUT2D eigenvalue weighted by Gasteiger charge is 2.21. The third-order valence-electron chi connectivity index (χ3n) is 2.13. The number of aliphatic hydroxyl groups is 1. The number of hydrogen-bond acceptors (Lipinski definition) is 3. The summed E-state index contributed by atoms with van der Waals surface area (Å²) in [5, 5.41) is 14.1. The van der Waals surface area contributed by atoms with Crippen LogP contribution in [0.1, 0.15) is 37.6 Å². The Morgan fingerprint density at radius 2 is 2.21 bits per heavy atom. The zero-order chi connectivity index (χ0) is 10.9. The molecule has 1 atom stereocenters. The summed E-state index contributed by atoms with van der Waals surface area (Å²) in [6.45, 7) is 5.70. The van der Waals surface area contributed by atoms with Gasteiger partial charge in [0.1, 0.15) is 0 Å². The van der Waals surface area contributed by atoms with Gasteiger partial charge in [0, 0.05) is 24.3 Å². The van der Waals surface area contributed by atoms with E-state index in [2.05, 4.69) is 5.10 Å². The first-order valence-corrected chi connectivity index (χ1v) is 4.77. The van der Waals surface area contributed by atoms with Gasteiger partial charge in [0.25, 0.3) is 0 Å². The molecule has 4 heteroatoms. The van der Waals surface area contributed by atoms with E-state index in [0.29, 0.717) is 6.42 Å². The van der Waals surface area contributed by atoms with Crippen molar-refractivity contribution in [3.8, 4) is 0 Å². The summed E-state index contributed by atoms with van der Waals surface area (Å²) in [5.41, 5.74) is 7.22. The minimum atomic E-state index is -0.524. The molecule has 0 amide bonds. The zero-order valence-electron chi connectivity index (χ0n) is 9.28. The molecule has 80 valence electrons. The molecule has 0 aliphatic heterocycles. The average Bonchev–Trinajstić information content (AvgIpc) is 2.26. The summed E-state index contributed by atoms with van der Waals surface area (Å²) in [6.07, 6.45) is 1.86. The summed E-state index contributed by atoms with van der Waals surface area (Å²) in [6, 6.07) is 0. The van der Waals surface area contributed by atoms with Crippen molar-refractivity contribution in [2.24, 2.45) is 12.8 Å². The number of hydrogen-bond donors (Lipinski definition) is 2. The Morgan fingerprint density at radius 1 is 1.64 bits per heavy atom. The van der Waals surface area contributed by atoms with Gasteiger partial charge in [0.15, 0.2) is 0 Å². The lowest BCUT2D eigenvalue weighted by atomic mass is 9.94. The molecule has 4 nitrogen and oxygen atoms in total. The van der Waals surface area contributed by atoms with Gasteiger partial charge in [0.2, 0.25) is 0 Å². The van der Waals surface area contributed by atoms with Crippen LogP contribution in [0, 0.1) is 6.92 Å². The Kier molecular flexibility index (Phi) is 2.97. The molecule has 0 aromatic carbocycles. The molecule has 0 spiro atoms. The zero-order valence-corrected chi connectivity index (χ0v) is 9.28. The summed E-state index contributed by atoms with van der Waals surface area (Å²) >= 11 is 0. The molecule has 0 radical (unpaired) electrons. The second-order valence-corrected chi connectivity index (χ2v) is 4.55. The van der Waals surface area contributed by atoms with Crippen molar-refractivity contribution in [3.63, 3.8) is 0 Å². The number of aliphatic hydroxyl groups excluding tert-OH is 1. The SMILES string of the molecule is Cc1nn(C)cc1C(O)CC(C)(C)N. The molecule has 0 saturated heterocycles. The number of nitrogens with zero attached hydrogens (tertiary/aromatic N) is 2. The lowest BCUT2D eigenvalue weighted by molar-refractivity contribution is 0.141. The minimum Gasteiger partial charge on any atom is -0.388 e. The van der Waals surface area contributed by atoms with Crippen LogP contribution in [0.5, 0.6) is 0 Å². The lowest BCUT2D eigenvalue weighted by Crippen LogP contribution is -2.33. The van der Waals surface area contributed by atoms with Gasteiger partial charge in [-0.05, 0) is 27.2 Å². The van der Waals surface area contributed by atoms with Gasteiger partial charge >= 0.3 is 0 Å². The number of nitrogens with two attached hydrogens (primary N) is 1. The highest BCUT2D eigenvalue weighted by atomic mass is 16.3. The van der Waals surface area contributed by atoms with Crippen molar-refractivity contribution in [1.29, 1.82) is 0 Å². The van der Waals surface area contributed by atoms with E-state index in [-0.39, 0.29) is 5.54 Å². The molecule has 14 heavy (non-hydrogen) atoms. The van der Waals surface area contributed by atoms with E-state index < -0.39 is 6.10 Å². The maximum absolute atomic E-state index is 9.92. The van der Waals surface area contributed by atoms with Crippen molar-refractivity contribution in [2.45, 2.75) is 38.8 Å². The smallest absolute Gasteiger partial charge is 0.0840 e. The third-order valence-corrected chi connectivity index (χ3v) is 2.13. The first-order chi connectivity index (χ1) is 6.29. The van der Waals surface area contributed by atoms with E-state index in [1.807, 2.05) is 34.0 Å². The van der Waals surface area contributed by atoms with Gasteiger partial charge in [-0.2, -0.15) is 5.10 Å². The van der Waals surface area contributed by atoms with E-state index >= 15 is 0 Å². The van der Waals surface area contributed by atoms with Gasteiger partial charge in [0.05, 0.1) is 11.8 Å². The standard InChI is InChI=1S/C10H19N3O/c1-7-8(6-13(4)12-7)9(14)5-10(2,3)11/h6,9,14H,5,11H2,1-4H3. The lowest BCUT2D eigenvalue weighted by Gasteiger charge is -2.22. The molecule has 1 unspecified atom stereocenters. The maximum Gasteiger partial charge on any atom is 0.0840 e. The predicted octanol–water partition coefficient (Wildman–Crippen LogP) is 0.889. The maximum atomic E-state index is 9.92. The van der Waals surface area contributed by atoms with Crippen molar-refractivity contribution >= 4 is 0 Å². The van der Waals surface area contributed by atoms with E-state index in [1.165, 1.54) is 0 Å². The largest absolute Gasteiger partial charge is 0.388 e. The van der Waals surface area contributed by atoms with Gasteiger partial charge in [-0.15, -0.1) is 0 Å². The van der Waals surface area contributed by atoms with Crippen molar-refractivity contribution in [1.82, 2.24) is 9.78 Å². The van der Waals surface area contributed by atoms with Crippen LogP contribution in [-0.4, -0.2) is 20.4 Å². The van der Waals surface area contributed by atoms with Crippen LogP contribution < -0.4 is 5.73 Å². The van der Waals surface area contributed by atoms with Crippen LogP contribution in [0.25, 0.3) is 0 Å². The Labute approximate surface area is 84.7 Å². The minimum absolute atomic E-state index is 0.359. The van der Waals surface area contributed by atoms with Gasteiger partial charge in [-0.3, -0.25) is 4.68 Å². The molecule has 1 rings (SSSR count). The molecular formula is C10H19N3O. The van der Waals surface area contributed by atoms with E-state index in [0.717, 1.165) is 11.3 Å². The van der Waals surface area contributed by atoms with Crippen molar-refractivity contribution in [3.05, 3.63) is 17.5 Å². The Morgan fingerprint density at radius 3 is 2.57 bits per heavy atom. The quantitative estimate of drug-likeness (QED) is 0.756. The fraction of sp³-hybridized carbons (Fsp3) is 0.700. The molecular weight excluding hydrogens is 178 g/mol. The topological polar surface area (TPSA) is 64.1 Å². The molecule has 1 aromatic rings. The van der Waals surface area contributed by atoms with E-state index in [1.54, 1.807) is 4.68 Å². The Balaban J connectivity index is 2.79. The van der Waals surface area contributed by atoms with Crippen LogP contribution >= 0.6 is 0 Å². The molecule has 0 fully saturated rings. The molecule has 3 N–H and O–H groups in total. The van der Waals surface area contributed by atoms with Crippen LogP contribution in [0.15, 0.2) is 6.20 Å². The highest BCUT2D eigenvalue weighted by Crippen LogP contribution is 2.23. The average molecular weight is 197 g/mol. The molecule has 1 aromatic heterocycles. The first kappa shape index (κ1) is 11.2. The normalized spacial score (nSPS) is 14.4. The van der Waals surface area contributed by atoms with E-state index in [9.17, 15) is 5.11 Å².